The third-order valence-corrected chi connectivity index (χ3v) is 3.72. The average molecular weight is 249 g/mol. The van der Waals surface area contributed by atoms with Crippen molar-refractivity contribution in [2.75, 3.05) is 0 Å². The van der Waals surface area contributed by atoms with Crippen LogP contribution in [0.15, 0.2) is 12.4 Å². The van der Waals surface area contributed by atoms with Crippen LogP contribution in [0, 0.1) is 0 Å². The summed E-state index contributed by atoms with van der Waals surface area (Å²) in [6, 6.07) is 0.229. The lowest BCUT2D eigenvalue weighted by Crippen LogP contribution is -2.37. The van der Waals surface area contributed by atoms with Crippen molar-refractivity contribution >= 4 is 5.91 Å². The first-order valence-corrected chi connectivity index (χ1v) is 7.04. The van der Waals surface area contributed by atoms with Crippen LogP contribution < -0.4 is 5.32 Å². The van der Waals surface area contributed by atoms with E-state index in [1.807, 2.05) is 17.7 Å². The first-order chi connectivity index (χ1) is 8.72. The summed E-state index contributed by atoms with van der Waals surface area (Å²) in [6.07, 6.45) is 10.4. The van der Waals surface area contributed by atoms with Gasteiger partial charge in [0.05, 0.1) is 0 Å². The summed E-state index contributed by atoms with van der Waals surface area (Å²) in [7, 11) is 0. The largest absolute Gasteiger partial charge is 0.352 e. The number of amides is 1. The highest BCUT2D eigenvalue weighted by atomic mass is 16.2. The third-order valence-electron chi connectivity index (χ3n) is 3.72. The van der Waals surface area contributed by atoms with E-state index in [1.54, 1.807) is 6.20 Å². The van der Waals surface area contributed by atoms with Crippen LogP contribution >= 0.6 is 0 Å². The fraction of sp³-hybridized carbons (Fsp3) is 0.714. The number of carbonyl (C=O) groups excluding carboxylic acids is 1. The van der Waals surface area contributed by atoms with Gasteiger partial charge >= 0.3 is 0 Å². The zero-order valence-electron chi connectivity index (χ0n) is 11.4. The van der Waals surface area contributed by atoms with Crippen molar-refractivity contribution in [1.82, 2.24) is 14.9 Å². The monoisotopic (exact) mass is 249 g/mol. The molecule has 0 radical (unpaired) electrons. The van der Waals surface area contributed by atoms with Crippen LogP contribution in [0.3, 0.4) is 0 Å². The number of nitrogens with zero attached hydrogens (tertiary/aromatic N) is 2. The lowest BCUT2D eigenvalue weighted by molar-refractivity contribution is -0.124. The molecule has 1 unspecified atom stereocenters. The van der Waals surface area contributed by atoms with Crippen LogP contribution in [0.4, 0.5) is 0 Å². The second-order valence-electron chi connectivity index (χ2n) is 5.17. The molecule has 4 heteroatoms. The van der Waals surface area contributed by atoms with Gasteiger partial charge in [0.2, 0.25) is 5.91 Å². The standard InChI is InChI=1S/C14H23N3O/c1-3-6-13-15-9-10-17(13)11(2)14(18)16-12-7-4-5-8-12/h9-12H,3-8H2,1-2H3,(H,16,18). The highest BCUT2D eigenvalue weighted by Crippen LogP contribution is 2.19. The Morgan fingerprint density at radius 2 is 2.28 bits per heavy atom. The van der Waals surface area contributed by atoms with Crippen LogP contribution in [-0.4, -0.2) is 21.5 Å². The zero-order valence-corrected chi connectivity index (χ0v) is 11.4. The van der Waals surface area contributed by atoms with Crippen LogP contribution in [0.1, 0.15) is 57.8 Å². The van der Waals surface area contributed by atoms with E-state index < -0.39 is 0 Å². The van der Waals surface area contributed by atoms with Crippen molar-refractivity contribution in [3.8, 4) is 0 Å². The van der Waals surface area contributed by atoms with E-state index in [-0.39, 0.29) is 11.9 Å². The summed E-state index contributed by atoms with van der Waals surface area (Å²) < 4.78 is 1.99. The van der Waals surface area contributed by atoms with Crippen molar-refractivity contribution in [3.05, 3.63) is 18.2 Å². The molecule has 1 saturated carbocycles. The zero-order chi connectivity index (χ0) is 13.0. The molecule has 0 saturated heterocycles. The van der Waals surface area contributed by atoms with Crippen LogP contribution in [-0.2, 0) is 11.2 Å². The molecule has 0 aliphatic heterocycles. The molecule has 1 amide bonds. The average Bonchev–Trinajstić information content (AvgIpc) is 3.00. The topological polar surface area (TPSA) is 46.9 Å². The Labute approximate surface area is 109 Å². The van der Waals surface area contributed by atoms with Crippen molar-refractivity contribution in [3.63, 3.8) is 0 Å². The quantitative estimate of drug-likeness (QED) is 0.871. The molecule has 1 heterocycles. The molecule has 0 bridgehead atoms. The van der Waals surface area contributed by atoms with Crippen molar-refractivity contribution < 1.29 is 4.79 Å². The van der Waals surface area contributed by atoms with Gasteiger partial charge in [-0.3, -0.25) is 4.79 Å². The number of aromatic nitrogens is 2. The van der Waals surface area contributed by atoms with Gasteiger partial charge in [-0.2, -0.15) is 0 Å². The van der Waals surface area contributed by atoms with Gasteiger partial charge < -0.3 is 9.88 Å². The van der Waals surface area contributed by atoms with E-state index in [2.05, 4.69) is 17.2 Å². The highest BCUT2D eigenvalue weighted by molar-refractivity contribution is 5.80. The maximum absolute atomic E-state index is 12.2. The molecule has 0 spiro atoms. The molecule has 0 aromatic carbocycles. The Morgan fingerprint density at radius 1 is 1.56 bits per heavy atom. The lowest BCUT2D eigenvalue weighted by atomic mass is 10.2. The second-order valence-corrected chi connectivity index (χ2v) is 5.17. The van der Waals surface area contributed by atoms with Gasteiger partial charge in [0, 0.05) is 24.9 Å². The number of hydrogen-bond donors (Lipinski definition) is 1. The Morgan fingerprint density at radius 3 is 2.94 bits per heavy atom. The second kappa shape index (κ2) is 6.03. The van der Waals surface area contributed by atoms with Gasteiger partial charge in [-0.05, 0) is 26.2 Å². The molecule has 1 N–H and O–H groups in total. The molecule has 1 aliphatic carbocycles. The Bertz CT molecular complexity index is 393. The maximum atomic E-state index is 12.2. The lowest BCUT2D eigenvalue weighted by Gasteiger charge is -2.19. The van der Waals surface area contributed by atoms with Crippen LogP contribution in [0.2, 0.25) is 0 Å². The molecule has 100 valence electrons. The molecule has 1 fully saturated rings. The van der Waals surface area contributed by atoms with Crippen LogP contribution in [0.5, 0.6) is 0 Å². The fourth-order valence-electron chi connectivity index (χ4n) is 2.63. The number of hydrogen-bond acceptors (Lipinski definition) is 2. The fourth-order valence-corrected chi connectivity index (χ4v) is 2.63. The molecular formula is C14H23N3O. The molecule has 1 atom stereocenters. The third kappa shape index (κ3) is 2.92. The summed E-state index contributed by atoms with van der Waals surface area (Å²) in [5, 5.41) is 3.15. The Kier molecular flexibility index (Phi) is 4.39. The highest BCUT2D eigenvalue weighted by Gasteiger charge is 2.22. The molecule has 4 nitrogen and oxygen atoms in total. The van der Waals surface area contributed by atoms with Crippen molar-refractivity contribution in [2.45, 2.75) is 64.5 Å². The predicted octanol–water partition coefficient (Wildman–Crippen LogP) is 2.46. The summed E-state index contributed by atoms with van der Waals surface area (Å²) >= 11 is 0. The number of carbonyl (C=O) groups is 1. The predicted molar refractivity (Wildman–Crippen MR) is 71.3 cm³/mol. The van der Waals surface area contributed by atoms with Gasteiger partial charge in [0.25, 0.3) is 0 Å². The normalized spacial score (nSPS) is 17.9. The molecular weight excluding hydrogens is 226 g/mol. The molecule has 1 aromatic rings. The molecule has 1 aromatic heterocycles. The van der Waals surface area contributed by atoms with Gasteiger partial charge in [0.1, 0.15) is 11.9 Å². The Hall–Kier alpha value is -1.32. The van der Waals surface area contributed by atoms with Gasteiger partial charge in [-0.1, -0.05) is 19.8 Å². The first-order valence-electron chi connectivity index (χ1n) is 7.04. The number of rotatable bonds is 5. The van der Waals surface area contributed by atoms with E-state index in [1.165, 1.54) is 12.8 Å². The van der Waals surface area contributed by atoms with E-state index in [9.17, 15) is 4.79 Å². The van der Waals surface area contributed by atoms with E-state index in [4.69, 9.17) is 0 Å². The van der Waals surface area contributed by atoms with E-state index >= 15 is 0 Å². The number of imidazole rings is 1. The molecule has 18 heavy (non-hydrogen) atoms. The number of nitrogens with one attached hydrogen (secondary N) is 1. The van der Waals surface area contributed by atoms with Crippen LogP contribution in [0.25, 0.3) is 0 Å². The van der Waals surface area contributed by atoms with Gasteiger partial charge in [-0.25, -0.2) is 4.98 Å². The van der Waals surface area contributed by atoms with Gasteiger partial charge in [-0.15, -0.1) is 0 Å². The minimum absolute atomic E-state index is 0.122. The Balaban J connectivity index is 1.98. The van der Waals surface area contributed by atoms with E-state index in [0.29, 0.717) is 6.04 Å². The van der Waals surface area contributed by atoms with Crippen molar-refractivity contribution in [1.29, 1.82) is 0 Å². The summed E-state index contributed by atoms with van der Waals surface area (Å²) in [4.78, 5) is 16.5. The smallest absolute Gasteiger partial charge is 0.243 e. The first kappa shape index (κ1) is 13.1. The molecule has 1 aliphatic rings. The summed E-state index contributed by atoms with van der Waals surface area (Å²) in [6.45, 7) is 4.08. The SMILES string of the molecule is CCCc1nccn1C(C)C(=O)NC1CCCC1. The molecule has 2 rings (SSSR count). The summed E-state index contributed by atoms with van der Waals surface area (Å²) in [5.74, 6) is 1.13. The maximum Gasteiger partial charge on any atom is 0.243 e. The van der Waals surface area contributed by atoms with Crippen molar-refractivity contribution in [2.24, 2.45) is 0 Å². The van der Waals surface area contributed by atoms with Gasteiger partial charge in [0.15, 0.2) is 0 Å². The minimum Gasteiger partial charge on any atom is -0.352 e. The van der Waals surface area contributed by atoms with E-state index in [0.717, 1.165) is 31.5 Å². The minimum atomic E-state index is -0.158. The summed E-state index contributed by atoms with van der Waals surface area (Å²) in [5.41, 5.74) is 0. The number of aryl methyl sites for hydroxylation is 1.